The first kappa shape index (κ1) is 9.71. The number of phenols is 1. The van der Waals surface area contributed by atoms with Gasteiger partial charge in [0.1, 0.15) is 5.75 Å². The van der Waals surface area contributed by atoms with Gasteiger partial charge in [-0.2, -0.15) is 0 Å². The largest absolute Gasteiger partial charge is 0.507 e. The quantitative estimate of drug-likeness (QED) is 0.517. The molecule has 15 heavy (non-hydrogen) atoms. The third kappa shape index (κ3) is 1.08. The Balaban J connectivity index is 2.92. The molecule has 0 unspecified atom stereocenters. The van der Waals surface area contributed by atoms with Gasteiger partial charge in [-0.25, -0.2) is 9.59 Å². The topological polar surface area (TPSA) is 63.6 Å². The molecular weight excluding hydrogens is 196 g/mol. The fourth-order valence-corrected chi connectivity index (χ4v) is 1.84. The first-order chi connectivity index (χ1) is 6.95. The van der Waals surface area contributed by atoms with Gasteiger partial charge >= 0.3 is 11.9 Å². The predicted molar refractivity (Wildman–Crippen MR) is 52.1 cm³/mol. The van der Waals surface area contributed by atoms with Gasteiger partial charge < -0.3 is 9.84 Å². The number of rotatable bonds is 0. The Bertz CT molecular complexity index is 455. The lowest BCUT2D eigenvalue weighted by atomic mass is 9.93. The lowest BCUT2D eigenvalue weighted by Crippen LogP contribution is -2.01. The molecule has 0 aromatic heterocycles. The molecule has 1 aliphatic rings. The lowest BCUT2D eigenvalue weighted by molar-refractivity contribution is 0.0443. The molecule has 1 aromatic rings. The van der Waals surface area contributed by atoms with Crippen molar-refractivity contribution in [2.75, 3.05) is 0 Å². The van der Waals surface area contributed by atoms with Crippen LogP contribution < -0.4 is 0 Å². The van der Waals surface area contributed by atoms with Crippen molar-refractivity contribution in [2.45, 2.75) is 20.8 Å². The number of cyclic esters (lactones) is 2. The Labute approximate surface area is 86.5 Å². The molecule has 4 nitrogen and oxygen atoms in total. The summed E-state index contributed by atoms with van der Waals surface area (Å²) in [7, 11) is 0. The maximum Gasteiger partial charge on any atom is 0.347 e. The monoisotopic (exact) mass is 206 g/mol. The zero-order valence-corrected chi connectivity index (χ0v) is 8.67. The van der Waals surface area contributed by atoms with Crippen molar-refractivity contribution in [2.24, 2.45) is 0 Å². The van der Waals surface area contributed by atoms with E-state index in [-0.39, 0.29) is 16.9 Å². The van der Waals surface area contributed by atoms with Crippen LogP contribution in [0.25, 0.3) is 0 Å². The van der Waals surface area contributed by atoms with Gasteiger partial charge in [0, 0.05) is 5.56 Å². The SMILES string of the molecule is Cc1c(C)c2c(c(C)c1O)C(=O)OC2=O. The van der Waals surface area contributed by atoms with E-state index in [0.29, 0.717) is 16.7 Å². The minimum absolute atomic E-state index is 0.0536. The van der Waals surface area contributed by atoms with Gasteiger partial charge in [-0.05, 0) is 31.9 Å². The van der Waals surface area contributed by atoms with E-state index in [4.69, 9.17) is 0 Å². The zero-order chi connectivity index (χ0) is 11.3. The minimum atomic E-state index is -0.675. The molecule has 1 heterocycles. The normalized spacial score (nSPS) is 14.1. The summed E-state index contributed by atoms with van der Waals surface area (Å²) in [5.74, 6) is -1.25. The fourth-order valence-electron chi connectivity index (χ4n) is 1.84. The number of aromatic hydroxyl groups is 1. The Morgan fingerprint density at radius 3 is 1.87 bits per heavy atom. The molecule has 78 valence electrons. The lowest BCUT2D eigenvalue weighted by Gasteiger charge is -2.09. The van der Waals surface area contributed by atoms with Gasteiger partial charge in [-0.1, -0.05) is 0 Å². The van der Waals surface area contributed by atoms with Crippen LogP contribution >= 0.6 is 0 Å². The fraction of sp³-hybridized carbons (Fsp3) is 0.273. The van der Waals surface area contributed by atoms with Crippen molar-refractivity contribution in [3.63, 3.8) is 0 Å². The summed E-state index contributed by atoms with van der Waals surface area (Å²) in [4.78, 5) is 22.7. The van der Waals surface area contributed by atoms with E-state index >= 15 is 0 Å². The summed E-state index contributed by atoms with van der Waals surface area (Å²) < 4.78 is 4.51. The third-order valence-corrected chi connectivity index (χ3v) is 2.87. The average molecular weight is 206 g/mol. The second-order valence-electron chi connectivity index (χ2n) is 3.65. The maximum atomic E-state index is 11.4. The van der Waals surface area contributed by atoms with Gasteiger partial charge in [0.05, 0.1) is 11.1 Å². The van der Waals surface area contributed by atoms with Crippen molar-refractivity contribution in [3.05, 3.63) is 27.8 Å². The summed E-state index contributed by atoms with van der Waals surface area (Å²) in [6.07, 6.45) is 0. The number of fused-ring (bicyclic) bond motifs is 1. The van der Waals surface area contributed by atoms with Crippen molar-refractivity contribution in [1.82, 2.24) is 0 Å². The maximum absolute atomic E-state index is 11.4. The second kappa shape index (κ2) is 2.82. The number of ether oxygens (including phenoxy) is 1. The number of carbonyl (C=O) groups is 2. The van der Waals surface area contributed by atoms with Crippen LogP contribution in [0.3, 0.4) is 0 Å². The molecular formula is C11H10O4. The standard InChI is InChI=1S/C11H10O4/c1-4-5(2)9(12)6(3)8-7(4)10(13)15-11(8)14/h12H,1-3H3. The van der Waals surface area contributed by atoms with Crippen molar-refractivity contribution >= 4 is 11.9 Å². The van der Waals surface area contributed by atoms with Crippen LogP contribution in [0.5, 0.6) is 5.75 Å². The molecule has 1 aliphatic heterocycles. The molecule has 0 amide bonds. The highest BCUT2D eigenvalue weighted by atomic mass is 16.6. The summed E-state index contributed by atoms with van der Waals surface area (Å²) in [6.45, 7) is 4.99. The highest BCUT2D eigenvalue weighted by Gasteiger charge is 2.35. The molecule has 0 atom stereocenters. The molecule has 0 spiro atoms. The predicted octanol–water partition coefficient (Wildman–Crippen LogP) is 1.63. The molecule has 0 aliphatic carbocycles. The number of hydrogen-bond acceptors (Lipinski definition) is 4. The molecule has 1 N–H and O–H groups in total. The van der Waals surface area contributed by atoms with Crippen LogP contribution in [-0.4, -0.2) is 17.0 Å². The van der Waals surface area contributed by atoms with Crippen LogP contribution in [0, 0.1) is 20.8 Å². The van der Waals surface area contributed by atoms with Gasteiger partial charge in [0.2, 0.25) is 0 Å². The number of hydrogen-bond donors (Lipinski definition) is 1. The van der Waals surface area contributed by atoms with Gasteiger partial charge in [0.25, 0.3) is 0 Å². The summed E-state index contributed by atoms with van der Waals surface area (Å²) >= 11 is 0. The first-order valence-electron chi connectivity index (χ1n) is 4.54. The van der Waals surface area contributed by atoms with Crippen LogP contribution in [-0.2, 0) is 4.74 Å². The van der Waals surface area contributed by atoms with Gasteiger partial charge in [-0.15, -0.1) is 0 Å². The van der Waals surface area contributed by atoms with E-state index in [2.05, 4.69) is 4.74 Å². The number of phenolic OH excluding ortho intramolecular Hbond substituents is 1. The van der Waals surface area contributed by atoms with E-state index in [9.17, 15) is 14.7 Å². The van der Waals surface area contributed by atoms with E-state index in [1.807, 2.05) is 0 Å². The Hall–Kier alpha value is -1.84. The number of carbonyl (C=O) groups excluding carboxylic acids is 2. The van der Waals surface area contributed by atoms with E-state index < -0.39 is 11.9 Å². The Morgan fingerprint density at radius 2 is 1.33 bits per heavy atom. The summed E-state index contributed by atoms with van der Waals surface area (Å²) in [6, 6.07) is 0. The Morgan fingerprint density at radius 1 is 0.867 bits per heavy atom. The average Bonchev–Trinajstić information content (AvgIpc) is 2.47. The summed E-state index contributed by atoms with van der Waals surface area (Å²) in [5, 5.41) is 9.74. The zero-order valence-electron chi connectivity index (χ0n) is 8.67. The minimum Gasteiger partial charge on any atom is -0.507 e. The summed E-state index contributed by atoms with van der Waals surface area (Å²) in [5.41, 5.74) is 2.10. The number of benzene rings is 1. The van der Waals surface area contributed by atoms with Crippen molar-refractivity contribution in [3.8, 4) is 5.75 Å². The van der Waals surface area contributed by atoms with Gasteiger partial charge in [0.15, 0.2) is 0 Å². The van der Waals surface area contributed by atoms with Crippen LogP contribution in [0.1, 0.15) is 37.4 Å². The molecule has 2 rings (SSSR count). The van der Waals surface area contributed by atoms with Crippen molar-refractivity contribution < 1.29 is 19.4 Å². The highest BCUT2D eigenvalue weighted by molar-refractivity contribution is 6.16. The van der Waals surface area contributed by atoms with E-state index in [0.717, 1.165) is 0 Å². The van der Waals surface area contributed by atoms with Crippen LogP contribution in [0.4, 0.5) is 0 Å². The smallest absolute Gasteiger partial charge is 0.347 e. The van der Waals surface area contributed by atoms with Crippen LogP contribution in [0.15, 0.2) is 0 Å². The molecule has 4 heteroatoms. The first-order valence-corrected chi connectivity index (χ1v) is 4.54. The third-order valence-electron chi connectivity index (χ3n) is 2.87. The second-order valence-corrected chi connectivity index (χ2v) is 3.65. The van der Waals surface area contributed by atoms with E-state index in [1.54, 1.807) is 20.8 Å². The van der Waals surface area contributed by atoms with Crippen molar-refractivity contribution in [1.29, 1.82) is 0 Å². The van der Waals surface area contributed by atoms with E-state index in [1.165, 1.54) is 0 Å². The van der Waals surface area contributed by atoms with Gasteiger partial charge in [-0.3, -0.25) is 0 Å². The Kier molecular flexibility index (Phi) is 1.83. The molecule has 0 fully saturated rings. The highest BCUT2D eigenvalue weighted by Crippen LogP contribution is 2.35. The number of esters is 2. The molecule has 0 saturated heterocycles. The molecule has 0 saturated carbocycles. The molecule has 0 bridgehead atoms. The van der Waals surface area contributed by atoms with Crippen LogP contribution in [0.2, 0.25) is 0 Å². The molecule has 0 radical (unpaired) electrons. The molecule has 1 aromatic carbocycles.